The minimum Gasteiger partial charge on any atom is -0.382 e. The van der Waals surface area contributed by atoms with Crippen molar-refractivity contribution in [3.8, 4) is 0 Å². The van der Waals surface area contributed by atoms with Crippen molar-refractivity contribution in [3.63, 3.8) is 0 Å². The fourth-order valence-corrected chi connectivity index (χ4v) is 0.843. The molecule has 1 unspecified atom stereocenters. The molecule has 0 radical (unpaired) electrons. The third-order valence-electron chi connectivity index (χ3n) is 1.56. The average Bonchev–Trinajstić information content (AvgIpc) is 2.49. The number of alkyl halides is 3. The van der Waals surface area contributed by atoms with Gasteiger partial charge in [0, 0.05) is 6.54 Å². The van der Waals surface area contributed by atoms with Gasteiger partial charge in [-0.1, -0.05) is 5.16 Å². The Balaban J connectivity index is 2.28. The maximum atomic E-state index is 11.8. The van der Waals surface area contributed by atoms with Gasteiger partial charge in [-0.25, -0.2) is 0 Å². The predicted octanol–water partition coefficient (Wildman–Crippen LogP) is 0.391. The van der Waals surface area contributed by atoms with E-state index in [0.29, 0.717) is 5.82 Å². The Labute approximate surface area is 83.3 Å². The Bertz CT molecular complexity index is 313. The highest BCUT2D eigenvalue weighted by Gasteiger charge is 2.37. The maximum absolute atomic E-state index is 11.8. The zero-order valence-corrected chi connectivity index (χ0v) is 7.88. The zero-order valence-electron chi connectivity index (χ0n) is 7.88. The lowest BCUT2D eigenvalue weighted by molar-refractivity contribution is -0.201. The Morgan fingerprint density at radius 2 is 2.20 bits per heavy atom. The Kier molecular flexibility index (Phi) is 3.64. The van der Waals surface area contributed by atoms with Gasteiger partial charge in [0.05, 0.1) is 6.54 Å². The molecule has 5 nitrogen and oxygen atoms in total. The second kappa shape index (κ2) is 4.58. The van der Waals surface area contributed by atoms with Gasteiger partial charge in [-0.2, -0.15) is 18.2 Å². The molecule has 1 aromatic rings. The summed E-state index contributed by atoms with van der Waals surface area (Å²) in [6, 6.07) is 0. The monoisotopic (exact) mass is 225 g/mol. The lowest BCUT2D eigenvalue weighted by Gasteiger charge is -2.13. The second-order valence-electron chi connectivity index (χ2n) is 2.92. The van der Waals surface area contributed by atoms with Crippen molar-refractivity contribution in [2.75, 3.05) is 6.54 Å². The van der Waals surface area contributed by atoms with Gasteiger partial charge in [0.15, 0.2) is 11.9 Å². The van der Waals surface area contributed by atoms with Gasteiger partial charge < -0.3 is 14.9 Å². The van der Waals surface area contributed by atoms with E-state index < -0.39 is 18.8 Å². The minimum absolute atomic E-state index is 0.00597. The summed E-state index contributed by atoms with van der Waals surface area (Å²) in [5.41, 5.74) is 0. The highest BCUT2D eigenvalue weighted by Crippen LogP contribution is 2.19. The summed E-state index contributed by atoms with van der Waals surface area (Å²) in [4.78, 5) is 3.77. The molecule has 2 N–H and O–H groups in total. The summed E-state index contributed by atoms with van der Waals surface area (Å²) in [5, 5.41) is 14.4. The van der Waals surface area contributed by atoms with E-state index in [1.807, 2.05) is 0 Å². The van der Waals surface area contributed by atoms with E-state index in [-0.39, 0.29) is 12.4 Å². The predicted molar refractivity (Wildman–Crippen MR) is 42.8 cm³/mol. The molecule has 0 bridgehead atoms. The quantitative estimate of drug-likeness (QED) is 0.775. The fraction of sp³-hybridized carbons (Fsp3) is 0.714. The first-order chi connectivity index (χ1) is 6.89. The van der Waals surface area contributed by atoms with Gasteiger partial charge >= 0.3 is 6.18 Å². The standard InChI is InChI=1S/C7H10F3N3O2/c1-4-12-6(15-13-4)3-11-2-5(14)7(8,9)10/h5,11,14H,2-3H2,1H3. The van der Waals surface area contributed by atoms with Crippen molar-refractivity contribution in [1.82, 2.24) is 15.5 Å². The SMILES string of the molecule is Cc1noc(CNCC(O)C(F)(F)F)n1. The summed E-state index contributed by atoms with van der Waals surface area (Å²) in [5.74, 6) is 0.588. The van der Waals surface area contributed by atoms with E-state index >= 15 is 0 Å². The smallest absolute Gasteiger partial charge is 0.382 e. The van der Waals surface area contributed by atoms with Crippen LogP contribution in [0.4, 0.5) is 13.2 Å². The third kappa shape index (κ3) is 3.84. The number of rotatable bonds is 4. The number of hydrogen-bond donors (Lipinski definition) is 2. The molecule has 0 aliphatic rings. The maximum Gasteiger partial charge on any atom is 0.415 e. The topological polar surface area (TPSA) is 71.2 Å². The van der Waals surface area contributed by atoms with E-state index in [1.54, 1.807) is 6.92 Å². The molecule has 8 heteroatoms. The number of nitrogens with zero attached hydrogens (tertiary/aromatic N) is 2. The summed E-state index contributed by atoms with van der Waals surface area (Å²) in [7, 11) is 0. The van der Waals surface area contributed by atoms with Crippen LogP contribution in [0.2, 0.25) is 0 Å². The summed E-state index contributed by atoms with van der Waals surface area (Å²) >= 11 is 0. The number of nitrogens with one attached hydrogen (secondary N) is 1. The molecule has 1 aromatic heterocycles. The van der Waals surface area contributed by atoms with Gasteiger partial charge in [0.2, 0.25) is 5.89 Å². The molecule has 1 atom stereocenters. The van der Waals surface area contributed by atoms with E-state index in [4.69, 9.17) is 5.11 Å². The molecule has 0 aromatic carbocycles. The molecular formula is C7H10F3N3O2. The first kappa shape index (κ1) is 11.9. The van der Waals surface area contributed by atoms with Crippen LogP contribution in [0.15, 0.2) is 4.52 Å². The molecular weight excluding hydrogens is 215 g/mol. The molecule has 15 heavy (non-hydrogen) atoms. The van der Waals surface area contributed by atoms with E-state index in [2.05, 4.69) is 20.0 Å². The van der Waals surface area contributed by atoms with Crippen LogP contribution in [0.5, 0.6) is 0 Å². The molecule has 0 saturated heterocycles. The van der Waals surface area contributed by atoms with Crippen LogP contribution in [0, 0.1) is 6.92 Å². The summed E-state index contributed by atoms with van der Waals surface area (Å²) in [6.45, 7) is 0.983. The van der Waals surface area contributed by atoms with E-state index in [1.165, 1.54) is 0 Å². The Morgan fingerprint density at radius 1 is 1.53 bits per heavy atom. The molecule has 1 rings (SSSR count). The van der Waals surface area contributed by atoms with Crippen LogP contribution >= 0.6 is 0 Å². The van der Waals surface area contributed by atoms with Crippen LogP contribution in [-0.2, 0) is 6.54 Å². The molecule has 0 aliphatic heterocycles. The van der Waals surface area contributed by atoms with Gasteiger partial charge in [0.1, 0.15) is 0 Å². The molecule has 0 spiro atoms. The van der Waals surface area contributed by atoms with E-state index in [9.17, 15) is 13.2 Å². The van der Waals surface area contributed by atoms with Crippen LogP contribution in [-0.4, -0.2) is 34.1 Å². The highest BCUT2D eigenvalue weighted by molar-refractivity contribution is 4.82. The summed E-state index contributed by atoms with van der Waals surface area (Å²) < 4.78 is 40.2. The molecule has 0 saturated carbocycles. The van der Waals surface area contributed by atoms with Gasteiger partial charge in [-0.3, -0.25) is 0 Å². The Morgan fingerprint density at radius 3 is 2.67 bits per heavy atom. The number of aliphatic hydroxyl groups excluding tert-OH is 1. The molecule has 0 fully saturated rings. The number of aromatic nitrogens is 2. The van der Waals surface area contributed by atoms with Crippen molar-refractivity contribution < 1.29 is 22.8 Å². The first-order valence-corrected chi connectivity index (χ1v) is 4.14. The molecule has 0 amide bonds. The minimum atomic E-state index is -4.61. The molecule has 0 aliphatic carbocycles. The number of aliphatic hydroxyl groups is 1. The van der Waals surface area contributed by atoms with Crippen molar-refractivity contribution in [2.45, 2.75) is 25.7 Å². The normalized spacial score (nSPS) is 14.2. The molecule has 1 heterocycles. The zero-order chi connectivity index (χ0) is 11.5. The lowest BCUT2D eigenvalue weighted by atomic mass is 10.3. The van der Waals surface area contributed by atoms with E-state index in [0.717, 1.165) is 0 Å². The fourth-order valence-electron chi connectivity index (χ4n) is 0.843. The average molecular weight is 225 g/mol. The van der Waals surface area contributed by atoms with Gasteiger partial charge in [-0.05, 0) is 6.92 Å². The first-order valence-electron chi connectivity index (χ1n) is 4.14. The number of halogens is 3. The van der Waals surface area contributed by atoms with Crippen molar-refractivity contribution in [3.05, 3.63) is 11.7 Å². The Hall–Kier alpha value is -1.15. The van der Waals surface area contributed by atoms with Gasteiger partial charge in [0.25, 0.3) is 0 Å². The van der Waals surface area contributed by atoms with Crippen LogP contribution in [0.3, 0.4) is 0 Å². The van der Waals surface area contributed by atoms with Crippen LogP contribution in [0.25, 0.3) is 0 Å². The van der Waals surface area contributed by atoms with Crippen LogP contribution in [0.1, 0.15) is 11.7 Å². The lowest BCUT2D eigenvalue weighted by Crippen LogP contribution is -2.38. The summed E-state index contributed by atoms with van der Waals surface area (Å²) in [6.07, 6.45) is -7.00. The number of aryl methyl sites for hydroxylation is 1. The largest absolute Gasteiger partial charge is 0.415 e. The second-order valence-corrected chi connectivity index (χ2v) is 2.92. The highest BCUT2D eigenvalue weighted by atomic mass is 19.4. The van der Waals surface area contributed by atoms with Crippen molar-refractivity contribution in [1.29, 1.82) is 0 Å². The third-order valence-corrected chi connectivity index (χ3v) is 1.56. The van der Waals surface area contributed by atoms with Crippen molar-refractivity contribution in [2.24, 2.45) is 0 Å². The molecule has 86 valence electrons. The number of hydrogen-bond acceptors (Lipinski definition) is 5. The van der Waals surface area contributed by atoms with Crippen molar-refractivity contribution >= 4 is 0 Å². The van der Waals surface area contributed by atoms with Gasteiger partial charge in [-0.15, -0.1) is 0 Å². The van der Waals surface area contributed by atoms with Crippen LogP contribution < -0.4 is 5.32 Å².